The van der Waals surface area contributed by atoms with E-state index in [-0.39, 0.29) is 0 Å². The lowest BCUT2D eigenvalue weighted by Gasteiger charge is -2.30. The highest BCUT2D eigenvalue weighted by Crippen LogP contribution is 2.29. The molecule has 0 aliphatic heterocycles. The van der Waals surface area contributed by atoms with Crippen LogP contribution in [0.1, 0.15) is 37.7 Å². The van der Waals surface area contributed by atoms with Gasteiger partial charge >= 0.3 is 0 Å². The highest BCUT2D eigenvalue weighted by atomic mass is 15.2. The van der Waals surface area contributed by atoms with Crippen molar-refractivity contribution >= 4 is 10.8 Å². The van der Waals surface area contributed by atoms with Gasteiger partial charge in [-0.15, -0.1) is 0 Å². The highest BCUT2D eigenvalue weighted by molar-refractivity contribution is 5.85. The number of fused-ring (bicyclic) bond motifs is 1. The Balaban J connectivity index is 1.83. The Labute approximate surface area is 121 Å². The van der Waals surface area contributed by atoms with Crippen molar-refractivity contribution in [1.29, 1.82) is 0 Å². The highest BCUT2D eigenvalue weighted by Gasteiger charge is 2.23. The molecule has 0 bridgehead atoms. The lowest BCUT2D eigenvalue weighted by Crippen LogP contribution is -2.43. The van der Waals surface area contributed by atoms with Crippen LogP contribution >= 0.6 is 0 Å². The van der Waals surface area contributed by atoms with E-state index in [9.17, 15) is 0 Å². The van der Waals surface area contributed by atoms with Gasteiger partial charge in [-0.25, -0.2) is 0 Å². The molecule has 2 heteroatoms. The van der Waals surface area contributed by atoms with Crippen LogP contribution in [-0.2, 0) is 6.42 Å². The molecule has 1 unspecified atom stereocenters. The van der Waals surface area contributed by atoms with Crippen molar-refractivity contribution in [2.24, 2.45) is 11.8 Å². The van der Waals surface area contributed by atoms with Gasteiger partial charge in [0.2, 0.25) is 0 Å². The van der Waals surface area contributed by atoms with Crippen LogP contribution in [-0.4, -0.2) is 6.04 Å². The Morgan fingerprint density at radius 2 is 1.75 bits per heavy atom. The van der Waals surface area contributed by atoms with E-state index in [1.165, 1.54) is 48.4 Å². The van der Waals surface area contributed by atoms with Crippen LogP contribution < -0.4 is 11.3 Å². The number of rotatable bonds is 4. The van der Waals surface area contributed by atoms with Crippen LogP contribution in [0, 0.1) is 5.92 Å². The first-order valence-electron chi connectivity index (χ1n) is 7.81. The maximum Gasteiger partial charge on any atom is 0.0279 e. The topological polar surface area (TPSA) is 38.0 Å². The summed E-state index contributed by atoms with van der Waals surface area (Å²) in [5, 5.41) is 2.69. The monoisotopic (exact) mass is 268 g/mol. The lowest BCUT2D eigenvalue weighted by atomic mass is 9.81. The van der Waals surface area contributed by atoms with Gasteiger partial charge in [-0.05, 0) is 41.5 Å². The molecule has 0 amide bonds. The minimum Gasteiger partial charge on any atom is -0.271 e. The van der Waals surface area contributed by atoms with E-state index in [1.807, 2.05) is 0 Å². The van der Waals surface area contributed by atoms with E-state index < -0.39 is 0 Å². The summed E-state index contributed by atoms with van der Waals surface area (Å²) in [6.45, 7) is 0. The number of hydrogen-bond acceptors (Lipinski definition) is 2. The molecule has 0 spiro atoms. The molecule has 20 heavy (non-hydrogen) atoms. The number of nitrogens with two attached hydrogens (primary N) is 1. The molecule has 2 aromatic rings. The van der Waals surface area contributed by atoms with E-state index >= 15 is 0 Å². The first kappa shape index (κ1) is 13.6. The zero-order chi connectivity index (χ0) is 13.8. The maximum atomic E-state index is 5.85. The van der Waals surface area contributed by atoms with Gasteiger partial charge in [-0.3, -0.25) is 11.3 Å². The molecule has 1 fully saturated rings. The molecule has 2 aromatic carbocycles. The van der Waals surface area contributed by atoms with Crippen molar-refractivity contribution in [2.45, 2.75) is 44.6 Å². The molecule has 3 N–H and O–H groups in total. The summed E-state index contributed by atoms with van der Waals surface area (Å²) in [5.74, 6) is 6.57. The van der Waals surface area contributed by atoms with Crippen LogP contribution in [0.3, 0.4) is 0 Å². The molecule has 2 nitrogen and oxygen atoms in total. The van der Waals surface area contributed by atoms with E-state index in [4.69, 9.17) is 5.84 Å². The van der Waals surface area contributed by atoms with Crippen molar-refractivity contribution < 1.29 is 0 Å². The molecule has 0 saturated heterocycles. The second kappa shape index (κ2) is 6.38. The van der Waals surface area contributed by atoms with Crippen LogP contribution in [0.25, 0.3) is 10.8 Å². The fourth-order valence-corrected chi connectivity index (χ4v) is 3.61. The average molecular weight is 268 g/mol. The lowest BCUT2D eigenvalue weighted by molar-refractivity contribution is 0.269. The Hall–Kier alpha value is -1.38. The van der Waals surface area contributed by atoms with Crippen LogP contribution in [0.2, 0.25) is 0 Å². The first-order valence-corrected chi connectivity index (χ1v) is 7.81. The first-order chi connectivity index (χ1) is 9.88. The summed E-state index contributed by atoms with van der Waals surface area (Å²) >= 11 is 0. The molecule has 1 aliphatic carbocycles. The molecule has 0 aromatic heterocycles. The Morgan fingerprint density at radius 3 is 2.55 bits per heavy atom. The normalized spacial score (nSPS) is 18.2. The third-order valence-electron chi connectivity index (χ3n) is 4.75. The number of hydrazine groups is 1. The molecular weight excluding hydrogens is 244 g/mol. The van der Waals surface area contributed by atoms with Gasteiger partial charge < -0.3 is 0 Å². The quantitative estimate of drug-likeness (QED) is 0.654. The molecule has 1 saturated carbocycles. The number of nitrogens with one attached hydrogen (secondary N) is 1. The largest absolute Gasteiger partial charge is 0.271 e. The van der Waals surface area contributed by atoms with E-state index in [0.717, 1.165) is 12.3 Å². The van der Waals surface area contributed by atoms with Crippen molar-refractivity contribution in [3.63, 3.8) is 0 Å². The molecule has 3 rings (SSSR count). The standard InChI is InChI=1S/C18H24N2/c19-20-18(15-8-2-1-3-9-15)13-16-11-6-10-14-7-4-5-12-17(14)16/h4-7,10-12,15,18,20H,1-3,8-9,13,19H2. The predicted octanol–water partition coefficient (Wildman–Crippen LogP) is 3.79. The summed E-state index contributed by atoms with van der Waals surface area (Å²) in [6, 6.07) is 15.6. The van der Waals surface area contributed by atoms with Crippen LogP contribution in [0.15, 0.2) is 42.5 Å². The van der Waals surface area contributed by atoms with Gasteiger partial charge in [0.15, 0.2) is 0 Å². The van der Waals surface area contributed by atoms with Gasteiger partial charge in [-0.1, -0.05) is 61.7 Å². The third kappa shape index (κ3) is 2.87. The minimum atomic E-state index is 0.404. The van der Waals surface area contributed by atoms with Crippen LogP contribution in [0.5, 0.6) is 0 Å². The Bertz CT molecular complexity index is 553. The SMILES string of the molecule is NNC(Cc1cccc2ccccc12)C1CCCCC1. The number of hydrogen-bond donors (Lipinski definition) is 2. The maximum absolute atomic E-state index is 5.85. The van der Waals surface area contributed by atoms with Crippen molar-refractivity contribution in [2.75, 3.05) is 0 Å². The van der Waals surface area contributed by atoms with Gasteiger partial charge in [0.1, 0.15) is 0 Å². The smallest absolute Gasteiger partial charge is 0.0279 e. The fraction of sp³-hybridized carbons (Fsp3) is 0.444. The summed E-state index contributed by atoms with van der Waals surface area (Å²) in [7, 11) is 0. The van der Waals surface area contributed by atoms with Gasteiger partial charge in [0, 0.05) is 6.04 Å². The molecule has 0 radical (unpaired) electrons. The second-order valence-electron chi connectivity index (χ2n) is 6.01. The van der Waals surface area contributed by atoms with E-state index in [1.54, 1.807) is 0 Å². The van der Waals surface area contributed by atoms with E-state index in [2.05, 4.69) is 47.9 Å². The molecular formula is C18H24N2. The minimum absolute atomic E-state index is 0.404. The van der Waals surface area contributed by atoms with Gasteiger partial charge in [0.25, 0.3) is 0 Å². The van der Waals surface area contributed by atoms with Crippen molar-refractivity contribution in [1.82, 2.24) is 5.43 Å². The van der Waals surface area contributed by atoms with Crippen molar-refractivity contribution in [3.8, 4) is 0 Å². The van der Waals surface area contributed by atoms with Gasteiger partial charge in [-0.2, -0.15) is 0 Å². The predicted molar refractivity (Wildman–Crippen MR) is 85.3 cm³/mol. The summed E-state index contributed by atoms with van der Waals surface area (Å²) in [4.78, 5) is 0. The molecule has 1 aliphatic rings. The zero-order valence-electron chi connectivity index (χ0n) is 12.0. The van der Waals surface area contributed by atoms with E-state index in [0.29, 0.717) is 6.04 Å². The fourth-order valence-electron chi connectivity index (χ4n) is 3.61. The Kier molecular flexibility index (Phi) is 4.34. The third-order valence-corrected chi connectivity index (χ3v) is 4.75. The van der Waals surface area contributed by atoms with Gasteiger partial charge in [0.05, 0.1) is 0 Å². The Morgan fingerprint density at radius 1 is 1.00 bits per heavy atom. The van der Waals surface area contributed by atoms with Crippen LogP contribution in [0.4, 0.5) is 0 Å². The summed E-state index contributed by atoms with van der Waals surface area (Å²) < 4.78 is 0. The summed E-state index contributed by atoms with van der Waals surface area (Å²) in [5.41, 5.74) is 4.50. The van der Waals surface area contributed by atoms with Crippen molar-refractivity contribution in [3.05, 3.63) is 48.0 Å². The zero-order valence-corrected chi connectivity index (χ0v) is 12.0. The average Bonchev–Trinajstić information content (AvgIpc) is 2.53. The summed E-state index contributed by atoms with van der Waals surface area (Å²) in [6.07, 6.45) is 7.78. The molecule has 0 heterocycles. The molecule has 1 atom stereocenters. The molecule has 106 valence electrons. The second-order valence-corrected chi connectivity index (χ2v) is 6.01. The number of benzene rings is 2.